The van der Waals surface area contributed by atoms with Crippen LogP contribution in [0.5, 0.6) is 0 Å². The lowest BCUT2D eigenvalue weighted by molar-refractivity contribution is 0.00272. The first-order valence-corrected chi connectivity index (χ1v) is 12.3. The molecule has 0 aromatic rings. The molecule has 0 aromatic carbocycles. The molecule has 2 atom stereocenters. The Kier molecular flexibility index (Phi) is 12.0. The molecule has 2 aliphatic rings. The number of likely N-dealkylation sites (N-methyl/N-ethyl adjacent to an activating group) is 1. The summed E-state index contributed by atoms with van der Waals surface area (Å²) in [5, 5.41) is 7.20. The molecule has 2 heterocycles. The first-order chi connectivity index (χ1) is 14.6. The molecule has 2 aliphatic heterocycles. The molecule has 0 spiro atoms. The van der Waals surface area contributed by atoms with Crippen LogP contribution in [0.1, 0.15) is 40.5 Å². The van der Waals surface area contributed by atoms with Gasteiger partial charge in [0, 0.05) is 72.0 Å². The number of piperazine rings is 1. The van der Waals surface area contributed by atoms with Crippen molar-refractivity contribution in [3.63, 3.8) is 0 Å². The van der Waals surface area contributed by atoms with Gasteiger partial charge in [0.2, 0.25) is 0 Å². The Morgan fingerprint density at radius 3 is 2.07 bits per heavy atom. The summed E-state index contributed by atoms with van der Waals surface area (Å²) in [4.78, 5) is 12.2. The molecule has 2 unspecified atom stereocenters. The van der Waals surface area contributed by atoms with E-state index in [0.29, 0.717) is 17.9 Å². The van der Waals surface area contributed by atoms with Crippen LogP contribution >= 0.6 is 0 Å². The van der Waals surface area contributed by atoms with Gasteiger partial charge in [-0.05, 0) is 18.4 Å². The van der Waals surface area contributed by atoms with E-state index in [1.165, 1.54) is 45.6 Å². The largest absolute Gasteiger partial charge is 0.379 e. The van der Waals surface area contributed by atoms with Crippen molar-refractivity contribution in [2.24, 2.45) is 16.8 Å². The van der Waals surface area contributed by atoms with E-state index in [1.54, 1.807) is 0 Å². The number of hydrogen-bond acceptors (Lipinski definition) is 5. The molecule has 0 saturated carbocycles. The van der Waals surface area contributed by atoms with E-state index in [9.17, 15) is 0 Å². The molecule has 30 heavy (non-hydrogen) atoms. The van der Waals surface area contributed by atoms with Crippen molar-refractivity contribution in [3.05, 3.63) is 0 Å². The van der Waals surface area contributed by atoms with E-state index in [-0.39, 0.29) is 0 Å². The molecule has 176 valence electrons. The third-order valence-corrected chi connectivity index (χ3v) is 6.91. The van der Waals surface area contributed by atoms with Gasteiger partial charge in [0.15, 0.2) is 5.96 Å². The normalized spacial score (nSPS) is 22.3. The van der Waals surface area contributed by atoms with Crippen molar-refractivity contribution in [1.29, 1.82) is 0 Å². The van der Waals surface area contributed by atoms with Crippen LogP contribution in [0.25, 0.3) is 0 Å². The molecule has 0 bridgehead atoms. The molecule has 2 saturated heterocycles. The third kappa shape index (κ3) is 8.33. The Hall–Kier alpha value is -0.890. The van der Waals surface area contributed by atoms with Gasteiger partial charge in [-0.2, -0.15) is 0 Å². The number of nitrogens with one attached hydrogen (secondary N) is 2. The summed E-state index contributed by atoms with van der Waals surface area (Å²) < 4.78 is 5.58. The molecule has 2 fully saturated rings. The van der Waals surface area contributed by atoms with Crippen LogP contribution in [-0.2, 0) is 4.74 Å². The summed E-state index contributed by atoms with van der Waals surface area (Å²) in [7, 11) is 1.88. The zero-order valence-electron chi connectivity index (χ0n) is 20.3. The summed E-state index contributed by atoms with van der Waals surface area (Å²) in [6.45, 7) is 22.1. The summed E-state index contributed by atoms with van der Waals surface area (Å²) in [6, 6.07) is 0.537. The minimum absolute atomic E-state index is 0.537. The Labute approximate surface area is 185 Å². The third-order valence-electron chi connectivity index (χ3n) is 6.91. The lowest BCUT2D eigenvalue weighted by Crippen LogP contribution is -2.53. The second-order valence-electron chi connectivity index (χ2n) is 8.97. The van der Waals surface area contributed by atoms with Gasteiger partial charge in [-0.25, -0.2) is 0 Å². The summed E-state index contributed by atoms with van der Waals surface area (Å²) in [6.07, 6.45) is 2.43. The van der Waals surface area contributed by atoms with E-state index in [4.69, 9.17) is 4.74 Å². The molecular formula is C23H48N6O. The van der Waals surface area contributed by atoms with Crippen LogP contribution < -0.4 is 10.6 Å². The predicted molar refractivity (Wildman–Crippen MR) is 127 cm³/mol. The first kappa shape index (κ1) is 25.4. The zero-order valence-corrected chi connectivity index (χ0v) is 20.3. The number of nitrogens with zero attached hydrogens (tertiary/aromatic N) is 4. The fourth-order valence-electron chi connectivity index (χ4n) is 4.82. The highest BCUT2D eigenvalue weighted by molar-refractivity contribution is 5.79. The molecule has 0 amide bonds. The maximum Gasteiger partial charge on any atom is 0.191 e. The van der Waals surface area contributed by atoms with E-state index in [2.05, 4.69) is 58.0 Å². The van der Waals surface area contributed by atoms with Gasteiger partial charge in [0.05, 0.1) is 13.2 Å². The molecule has 2 N–H and O–H groups in total. The summed E-state index contributed by atoms with van der Waals surface area (Å²) in [5.74, 6) is 2.24. The first-order valence-electron chi connectivity index (χ1n) is 12.3. The zero-order chi connectivity index (χ0) is 21.8. The molecule has 0 radical (unpaired) electrons. The summed E-state index contributed by atoms with van der Waals surface area (Å²) in [5.41, 5.74) is 0. The van der Waals surface area contributed by atoms with Crippen molar-refractivity contribution < 1.29 is 4.74 Å². The molecule has 7 heteroatoms. The Bertz CT molecular complexity index is 470. The summed E-state index contributed by atoms with van der Waals surface area (Å²) >= 11 is 0. The quantitative estimate of drug-likeness (QED) is 0.388. The van der Waals surface area contributed by atoms with E-state index in [1.807, 2.05) is 7.05 Å². The number of hydrogen-bond donors (Lipinski definition) is 2. The van der Waals surface area contributed by atoms with Crippen molar-refractivity contribution in [2.75, 3.05) is 85.7 Å². The SMILES string of the molecule is CCC(CC)C(CNC(=NC)NCC(C)CN1CCN(CC)CC1)N1CCOCC1. The number of ether oxygens (including phenoxy) is 1. The fourth-order valence-corrected chi connectivity index (χ4v) is 4.82. The maximum atomic E-state index is 5.58. The number of aliphatic imine (C=N–C) groups is 1. The standard InChI is InChI=1S/C23H48N6O/c1-6-21(7-2)22(29-13-15-30-16-14-29)18-26-23(24-5)25-17-20(4)19-28-11-9-27(8-3)10-12-28/h20-22H,6-19H2,1-5H3,(H2,24,25,26). The lowest BCUT2D eigenvalue weighted by Gasteiger charge is -2.39. The molecule has 0 aromatic heterocycles. The molecule has 2 rings (SSSR count). The van der Waals surface area contributed by atoms with Crippen molar-refractivity contribution in [1.82, 2.24) is 25.3 Å². The van der Waals surface area contributed by atoms with Crippen molar-refractivity contribution in [2.45, 2.75) is 46.6 Å². The topological polar surface area (TPSA) is 55.4 Å². The molecule has 0 aliphatic carbocycles. The highest BCUT2D eigenvalue weighted by Crippen LogP contribution is 2.19. The van der Waals surface area contributed by atoms with Crippen LogP contribution in [0, 0.1) is 11.8 Å². The van der Waals surface area contributed by atoms with Gasteiger partial charge < -0.3 is 25.2 Å². The Balaban J connectivity index is 1.76. The van der Waals surface area contributed by atoms with E-state index in [0.717, 1.165) is 51.9 Å². The second kappa shape index (κ2) is 14.2. The minimum Gasteiger partial charge on any atom is -0.379 e. The number of morpholine rings is 1. The Morgan fingerprint density at radius 1 is 0.900 bits per heavy atom. The average Bonchev–Trinajstić information content (AvgIpc) is 2.79. The van der Waals surface area contributed by atoms with Crippen molar-refractivity contribution >= 4 is 5.96 Å². The number of guanidine groups is 1. The van der Waals surface area contributed by atoms with Crippen LogP contribution in [0.2, 0.25) is 0 Å². The van der Waals surface area contributed by atoms with Gasteiger partial charge in [-0.3, -0.25) is 9.89 Å². The van der Waals surface area contributed by atoms with Gasteiger partial charge in [-0.1, -0.05) is 40.5 Å². The molecular weight excluding hydrogens is 376 g/mol. The highest BCUT2D eigenvalue weighted by Gasteiger charge is 2.27. The van der Waals surface area contributed by atoms with Crippen molar-refractivity contribution in [3.8, 4) is 0 Å². The predicted octanol–water partition coefficient (Wildman–Crippen LogP) is 1.56. The van der Waals surface area contributed by atoms with E-state index >= 15 is 0 Å². The smallest absolute Gasteiger partial charge is 0.191 e. The van der Waals surface area contributed by atoms with Gasteiger partial charge >= 0.3 is 0 Å². The molecule has 7 nitrogen and oxygen atoms in total. The van der Waals surface area contributed by atoms with Crippen LogP contribution in [0.15, 0.2) is 4.99 Å². The lowest BCUT2D eigenvalue weighted by atomic mass is 9.92. The van der Waals surface area contributed by atoms with Crippen LogP contribution in [0.4, 0.5) is 0 Å². The van der Waals surface area contributed by atoms with E-state index < -0.39 is 0 Å². The minimum atomic E-state index is 0.537. The van der Waals surface area contributed by atoms with Gasteiger partial charge in [0.25, 0.3) is 0 Å². The Morgan fingerprint density at radius 2 is 1.50 bits per heavy atom. The monoisotopic (exact) mass is 424 g/mol. The van der Waals surface area contributed by atoms with Gasteiger partial charge in [-0.15, -0.1) is 0 Å². The van der Waals surface area contributed by atoms with Crippen LogP contribution in [0.3, 0.4) is 0 Å². The number of rotatable bonds is 11. The second-order valence-corrected chi connectivity index (χ2v) is 8.97. The van der Waals surface area contributed by atoms with Gasteiger partial charge in [0.1, 0.15) is 0 Å². The maximum absolute atomic E-state index is 5.58. The highest BCUT2D eigenvalue weighted by atomic mass is 16.5. The average molecular weight is 425 g/mol. The fraction of sp³-hybridized carbons (Fsp3) is 0.957. The van der Waals surface area contributed by atoms with Crippen LogP contribution in [-0.4, -0.2) is 112 Å².